The number of methoxy groups -OCH3 is 1. The molecule has 30 heavy (non-hydrogen) atoms. The van der Waals surface area contributed by atoms with Gasteiger partial charge in [-0.15, -0.1) is 0 Å². The highest BCUT2D eigenvalue weighted by molar-refractivity contribution is 5.38. The average molecular weight is 408 g/mol. The smallest absolute Gasteiger partial charge is 0.129 e. The number of aryl methyl sites for hydroxylation is 1. The number of aliphatic hydroxyl groups excluding tert-OH is 1. The van der Waals surface area contributed by atoms with E-state index in [1.807, 2.05) is 42.5 Å². The second-order valence-corrected chi connectivity index (χ2v) is 7.77. The molecule has 1 aromatic heterocycles. The van der Waals surface area contributed by atoms with Gasteiger partial charge in [-0.3, -0.25) is 4.90 Å². The molecule has 2 heterocycles. The third-order valence-corrected chi connectivity index (χ3v) is 5.46. The molecular formula is C25H29NO4. The zero-order chi connectivity index (χ0) is 20.8. The second kappa shape index (κ2) is 9.94. The molecule has 0 saturated carbocycles. The summed E-state index contributed by atoms with van der Waals surface area (Å²) in [4.78, 5) is 2.31. The first-order valence-corrected chi connectivity index (χ1v) is 10.5. The minimum atomic E-state index is -0.492. The highest BCUT2D eigenvalue weighted by Crippen LogP contribution is 2.29. The summed E-state index contributed by atoms with van der Waals surface area (Å²) in [6.45, 7) is 3.41. The maximum atomic E-state index is 10.7. The van der Waals surface area contributed by atoms with Crippen molar-refractivity contribution in [2.45, 2.75) is 38.6 Å². The van der Waals surface area contributed by atoms with E-state index in [1.54, 1.807) is 7.11 Å². The first-order chi connectivity index (χ1) is 14.7. The molecule has 2 aromatic carbocycles. The summed E-state index contributed by atoms with van der Waals surface area (Å²) in [5.74, 6) is 2.66. The zero-order valence-electron chi connectivity index (χ0n) is 17.4. The van der Waals surface area contributed by atoms with E-state index in [1.165, 1.54) is 5.56 Å². The van der Waals surface area contributed by atoms with E-state index in [0.29, 0.717) is 26.2 Å². The van der Waals surface area contributed by atoms with Crippen LogP contribution < -0.4 is 4.74 Å². The molecule has 0 spiro atoms. The van der Waals surface area contributed by atoms with Crippen LogP contribution in [0.5, 0.6) is 5.75 Å². The molecule has 3 aromatic rings. The minimum absolute atomic E-state index is 0.482. The van der Waals surface area contributed by atoms with Gasteiger partial charge in [-0.05, 0) is 48.2 Å². The fourth-order valence-corrected chi connectivity index (χ4v) is 3.87. The van der Waals surface area contributed by atoms with Crippen molar-refractivity contribution in [2.24, 2.45) is 0 Å². The average Bonchev–Trinajstić information content (AvgIpc) is 3.10. The predicted octanol–water partition coefficient (Wildman–Crippen LogP) is 4.49. The van der Waals surface area contributed by atoms with E-state index in [9.17, 15) is 5.11 Å². The van der Waals surface area contributed by atoms with Gasteiger partial charge < -0.3 is 19.0 Å². The highest BCUT2D eigenvalue weighted by Gasteiger charge is 2.19. The van der Waals surface area contributed by atoms with Gasteiger partial charge in [0.2, 0.25) is 0 Å². The number of nitrogens with zero attached hydrogens (tertiary/aromatic N) is 1. The van der Waals surface area contributed by atoms with Crippen LogP contribution in [0, 0.1) is 0 Å². The Bertz CT molecular complexity index is 937. The molecule has 4 rings (SSSR count). The maximum absolute atomic E-state index is 10.7. The van der Waals surface area contributed by atoms with Crippen molar-refractivity contribution >= 4 is 0 Å². The lowest BCUT2D eigenvalue weighted by Gasteiger charge is -2.19. The van der Waals surface area contributed by atoms with E-state index < -0.39 is 6.10 Å². The first kappa shape index (κ1) is 20.7. The van der Waals surface area contributed by atoms with Crippen molar-refractivity contribution in [2.75, 3.05) is 20.3 Å². The van der Waals surface area contributed by atoms with Gasteiger partial charge in [0.05, 0.1) is 12.6 Å². The molecule has 1 atom stereocenters. The maximum Gasteiger partial charge on any atom is 0.129 e. The quantitative estimate of drug-likeness (QED) is 0.596. The molecule has 1 aliphatic rings. The van der Waals surface area contributed by atoms with Crippen molar-refractivity contribution in [3.8, 4) is 5.75 Å². The summed E-state index contributed by atoms with van der Waals surface area (Å²) in [5.41, 5.74) is 3.29. The summed E-state index contributed by atoms with van der Waals surface area (Å²) in [6.07, 6.45) is 1.06. The molecule has 0 aliphatic carbocycles. The van der Waals surface area contributed by atoms with Gasteiger partial charge in [0.25, 0.3) is 0 Å². The molecule has 0 amide bonds. The number of hydrogen-bond donors (Lipinski definition) is 1. The first-order valence-electron chi connectivity index (χ1n) is 10.5. The summed E-state index contributed by atoms with van der Waals surface area (Å²) in [5, 5.41) is 10.7. The lowest BCUT2D eigenvalue weighted by atomic mass is 9.99. The molecule has 0 radical (unpaired) electrons. The Kier molecular flexibility index (Phi) is 6.84. The summed E-state index contributed by atoms with van der Waals surface area (Å²) in [7, 11) is 1.66. The lowest BCUT2D eigenvalue weighted by Crippen LogP contribution is -2.25. The van der Waals surface area contributed by atoms with Gasteiger partial charge in [0.1, 0.15) is 30.5 Å². The largest absolute Gasteiger partial charge is 0.492 e. The summed E-state index contributed by atoms with van der Waals surface area (Å²) in [6, 6.07) is 20.3. The topological polar surface area (TPSA) is 55.1 Å². The van der Waals surface area contributed by atoms with Crippen LogP contribution in [-0.4, -0.2) is 30.3 Å². The number of hydrogen-bond acceptors (Lipinski definition) is 5. The highest BCUT2D eigenvalue weighted by atomic mass is 16.5. The van der Waals surface area contributed by atoms with Crippen molar-refractivity contribution < 1.29 is 19.0 Å². The lowest BCUT2D eigenvalue weighted by molar-refractivity contribution is 0.157. The summed E-state index contributed by atoms with van der Waals surface area (Å²) >= 11 is 0. The number of furan rings is 1. The molecule has 5 heteroatoms. The Morgan fingerprint density at radius 2 is 1.90 bits per heavy atom. The SMILES string of the molecule is COCc1ccc(CN2CCOc3ccc(C(O)CCc4ccccc4)cc3C2)o1. The monoisotopic (exact) mass is 407 g/mol. The van der Waals surface area contributed by atoms with Crippen LogP contribution in [0.15, 0.2) is 65.1 Å². The van der Waals surface area contributed by atoms with Gasteiger partial charge in [0, 0.05) is 25.8 Å². The van der Waals surface area contributed by atoms with Gasteiger partial charge in [-0.2, -0.15) is 0 Å². The van der Waals surface area contributed by atoms with E-state index in [2.05, 4.69) is 23.1 Å². The Morgan fingerprint density at radius 1 is 1.07 bits per heavy atom. The van der Waals surface area contributed by atoms with Gasteiger partial charge in [0.15, 0.2) is 0 Å². The van der Waals surface area contributed by atoms with Crippen LogP contribution in [0.3, 0.4) is 0 Å². The van der Waals surface area contributed by atoms with E-state index in [4.69, 9.17) is 13.9 Å². The number of rotatable bonds is 8. The van der Waals surface area contributed by atoms with Gasteiger partial charge in [-0.1, -0.05) is 36.4 Å². The third kappa shape index (κ3) is 5.30. The fourth-order valence-electron chi connectivity index (χ4n) is 3.87. The van der Waals surface area contributed by atoms with Gasteiger partial charge >= 0.3 is 0 Å². The number of ether oxygens (including phenoxy) is 2. The van der Waals surface area contributed by atoms with E-state index in [0.717, 1.165) is 47.9 Å². The summed E-state index contributed by atoms with van der Waals surface area (Å²) < 4.78 is 16.9. The number of aliphatic hydroxyl groups is 1. The normalized spacial score (nSPS) is 15.3. The van der Waals surface area contributed by atoms with Crippen molar-refractivity contribution in [1.82, 2.24) is 4.90 Å². The Morgan fingerprint density at radius 3 is 2.73 bits per heavy atom. The molecule has 1 N–H and O–H groups in total. The van der Waals surface area contributed by atoms with Crippen LogP contribution in [-0.2, 0) is 30.9 Å². The van der Waals surface area contributed by atoms with E-state index >= 15 is 0 Å². The van der Waals surface area contributed by atoms with Crippen molar-refractivity contribution in [1.29, 1.82) is 0 Å². The molecule has 0 bridgehead atoms. The number of fused-ring (bicyclic) bond motifs is 1. The molecule has 158 valence electrons. The minimum Gasteiger partial charge on any atom is -0.492 e. The van der Waals surface area contributed by atoms with Crippen molar-refractivity contribution in [3.63, 3.8) is 0 Å². The Balaban J connectivity index is 1.41. The zero-order valence-corrected chi connectivity index (χ0v) is 17.4. The number of benzene rings is 2. The van der Waals surface area contributed by atoms with Crippen molar-refractivity contribution in [3.05, 3.63) is 88.9 Å². The van der Waals surface area contributed by atoms with Crippen LogP contribution in [0.1, 0.15) is 40.7 Å². The molecular weight excluding hydrogens is 378 g/mol. The molecule has 5 nitrogen and oxygen atoms in total. The van der Waals surface area contributed by atoms with Crippen LogP contribution >= 0.6 is 0 Å². The van der Waals surface area contributed by atoms with Gasteiger partial charge in [-0.25, -0.2) is 0 Å². The standard InChI is InChI=1S/C25H29NO4/c1-28-18-23-10-9-22(30-23)17-26-13-14-29-25-12-8-20(15-21(25)16-26)24(27)11-7-19-5-3-2-4-6-19/h2-6,8-10,12,15,24,27H,7,11,13-14,16-18H2,1H3. The van der Waals surface area contributed by atoms with Crippen LogP contribution in [0.4, 0.5) is 0 Å². The predicted molar refractivity (Wildman–Crippen MR) is 115 cm³/mol. The Labute approximate surface area is 177 Å². The van der Waals surface area contributed by atoms with Crippen LogP contribution in [0.2, 0.25) is 0 Å². The molecule has 0 saturated heterocycles. The molecule has 1 unspecified atom stereocenters. The molecule has 1 aliphatic heterocycles. The second-order valence-electron chi connectivity index (χ2n) is 7.77. The van der Waals surface area contributed by atoms with E-state index in [-0.39, 0.29) is 0 Å². The third-order valence-electron chi connectivity index (χ3n) is 5.46. The Hall–Kier alpha value is -2.60. The fraction of sp³-hybridized carbons (Fsp3) is 0.360. The molecule has 0 fully saturated rings. The van der Waals surface area contributed by atoms with Crippen LogP contribution in [0.25, 0.3) is 0 Å².